The summed E-state index contributed by atoms with van der Waals surface area (Å²) < 4.78 is 2.77. The summed E-state index contributed by atoms with van der Waals surface area (Å²) in [5, 5.41) is 0.712. The van der Waals surface area contributed by atoms with Gasteiger partial charge >= 0.3 is 121 Å². The third kappa shape index (κ3) is 2.15. The molecule has 3 nitrogen and oxygen atoms in total. The number of thiazole rings is 1. The zero-order valence-corrected chi connectivity index (χ0v) is 12.7. The second-order valence-corrected chi connectivity index (χ2v) is 6.25. The third-order valence-corrected chi connectivity index (χ3v) is 4.23. The molecule has 0 radical (unpaired) electrons. The number of aryl methyl sites for hydroxylation is 1. The molecular weight excluding hydrogens is 333 g/mol. The second-order valence-electron chi connectivity index (χ2n) is 3.83. The predicted octanol–water partition coefficient (Wildman–Crippen LogP) is 3.12. The Morgan fingerprint density at radius 3 is 2.67 bits per heavy atom. The Balaban J connectivity index is 2.24. The SMILES string of the molecule is Cc1cn2c(=[Se])nc(-c3ccc(Cl)cc3)nc2s1. The first-order valence-electron chi connectivity index (χ1n) is 5.26. The molecule has 0 aliphatic rings. The van der Waals surface area contributed by atoms with Crippen LogP contribution in [-0.2, 0) is 0 Å². The molecule has 3 rings (SSSR count). The summed E-state index contributed by atoms with van der Waals surface area (Å²) in [7, 11) is 0. The Morgan fingerprint density at radius 1 is 1.22 bits per heavy atom. The van der Waals surface area contributed by atoms with E-state index >= 15 is 0 Å². The summed E-state index contributed by atoms with van der Waals surface area (Å²) in [6.07, 6.45) is 2.03. The molecule has 0 aliphatic heterocycles. The van der Waals surface area contributed by atoms with E-state index in [1.807, 2.05) is 34.9 Å². The van der Waals surface area contributed by atoms with Gasteiger partial charge in [0, 0.05) is 0 Å². The molecule has 0 aliphatic carbocycles. The van der Waals surface area contributed by atoms with E-state index in [0.717, 1.165) is 14.8 Å². The van der Waals surface area contributed by atoms with Gasteiger partial charge in [-0.3, -0.25) is 0 Å². The standard InChI is InChI=1S/C12H8ClN3SSe/c1-7-6-16-11(17-7)14-10(15-12(16)18)8-2-4-9(13)5-3-8/h2-6H,1H3. The van der Waals surface area contributed by atoms with Gasteiger partial charge in [0.1, 0.15) is 0 Å². The van der Waals surface area contributed by atoms with Crippen LogP contribution in [0.4, 0.5) is 0 Å². The molecule has 0 saturated carbocycles. The van der Waals surface area contributed by atoms with Crippen LogP contribution in [0.25, 0.3) is 16.3 Å². The summed E-state index contributed by atoms with van der Waals surface area (Å²) in [5.74, 6) is 0.710. The third-order valence-electron chi connectivity index (χ3n) is 2.48. The summed E-state index contributed by atoms with van der Waals surface area (Å²) >= 11 is 10.5. The maximum atomic E-state index is 5.88. The molecule has 0 fully saturated rings. The van der Waals surface area contributed by atoms with Gasteiger partial charge in [-0.15, -0.1) is 0 Å². The molecule has 0 atom stereocenters. The van der Waals surface area contributed by atoms with Gasteiger partial charge in [-0.2, -0.15) is 0 Å². The Hall–Kier alpha value is -1.00. The topological polar surface area (TPSA) is 30.2 Å². The fourth-order valence-electron chi connectivity index (χ4n) is 1.66. The number of aromatic nitrogens is 3. The second kappa shape index (κ2) is 4.59. The molecule has 0 spiro atoms. The first kappa shape index (κ1) is 12.1. The molecule has 18 heavy (non-hydrogen) atoms. The van der Waals surface area contributed by atoms with Gasteiger partial charge in [0.25, 0.3) is 0 Å². The zero-order valence-electron chi connectivity index (χ0n) is 9.42. The van der Waals surface area contributed by atoms with Gasteiger partial charge < -0.3 is 0 Å². The number of fused-ring (bicyclic) bond motifs is 1. The van der Waals surface area contributed by atoms with Crippen LogP contribution in [-0.4, -0.2) is 29.9 Å². The average Bonchev–Trinajstić information content (AvgIpc) is 2.71. The van der Waals surface area contributed by atoms with Crippen molar-refractivity contribution >= 4 is 43.5 Å². The summed E-state index contributed by atoms with van der Waals surface area (Å²) in [6, 6.07) is 7.54. The molecule has 0 unspecified atom stereocenters. The molecular formula is C12H8ClN3SSe. The Bertz CT molecular complexity index is 776. The van der Waals surface area contributed by atoms with Crippen LogP contribution in [0.1, 0.15) is 4.88 Å². The number of halogens is 1. The van der Waals surface area contributed by atoms with Crippen molar-refractivity contribution in [2.45, 2.75) is 6.92 Å². The molecule has 0 saturated heterocycles. The monoisotopic (exact) mass is 341 g/mol. The number of hydrogen-bond donors (Lipinski definition) is 0. The van der Waals surface area contributed by atoms with Gasteiger partial charge in [0.2, 0.25) is 0 Å². The average molecular weight is 341 g/mol. The molecule has 2 heterocycles. The van der Waals surface area contributed by atoms with Crippen LogP contribution < -0.4 is 0 Å². The maximum absolute atomic E-state index is 5.88. The van der Waals surface area contributed by atoms with Crippen LogP contribution in [0.5, 0.6) is 0 Å². The molecule has 6 heteroatoms. The van der Waals surface area contributed by atoms with E-state index < -0.39 is 0 Å². The Morgan fingerprint density at radius 2 is 1.94 bits per heavy atom. The van der Waals surface area contributed by atoms with Crippen LogP contribution >= 0.6 is 22.9 Å². The number of hydrogen-bond acceptors (Lipinski definition) is 3. The molecule has 2 aromatic heterocycles. The van der Waals surface area contributed by atoms with Gasteiger partial charge in [-0.25, -0.2) is 0 Å². The molecule has 0 N–H and O–H groups in total. The van der Waals surface area contributed by atoms with E-state index in [1.54, 1.807) is 11.3 Å². The quantitative estimate of drug-likeness (QED) is 0.637. The van der Waals surface area contributed by atoms with Crippen LogP contribution in [0.15, 0.2) is 30.5 Å². The van der Waals surface area contributed by atoms with Crippen molar-refractivity contribution in [1.82, 2.24) is 14.4 Å². The number of benzene rings is 1. The molecule has 1 aromatic carbocycles. The van der Waals surface area contributed by atoms with Crippen molar-refractivity contribution in [2.75, 3.05) is 0 Å². The first-order valence-corrected chi connectivity index (χ1v) is 7.31. The van der Waals surface area contributed by atoms with E-state index in [4.69, 9.17) is 11.6 Å². The van der Waals surface area contributed by atoms with Gasteiger partial charge in [-0.1, -0.05) is 0 Å². The van der Waals surface area contributed by atoms with Crippen LogP contribution in [0.2, 0.25) is 5.02 Å². The molecule has 0 amide bonds. The van der Waals surface area contributed by atoms with Crippen LogP contribution in [0.3, 0.4) is 0 Å². The Kier molecular flexibility index (Phi) is 3.08. The fourth-order valence-corrected chi connectivity index (χ4v) is 3.20. The van der Waals surface area contributed by atoms with Crippen molar-refractivity contribution < 1.29 is 0 Å². The van der Waals surface area contributed by atoms with Crippen molar-refractivity contribution in [3.8, 4) is 11.4 Å². The summed E-state index contributed by atoms with van der Waals surface area (Å²) in [4.78, 5) is 11.2. The predicted molar refractivity (Wildman–Crippen MR) is 75.0 cm³/mol. The number of nitrogens with zero attached hydrogens (tertiary/aromatic N) is 3. The summed E-state index contributed by atoms with van der Waals surface area (Å²) in [5.41, 5.74) is 0.962. The van der Waals surface area contributed by atoms with Gasteiger partial charge in [-0.05, 0) is 0 Å². The summed E-state index contributed by atoms with van der Waals surface area (Å²) in [6.45, 7) is 2.06. The molecule has 90 valence electrons. The van der Waals surface area contributed by atoms with E-state index in [2.05, 4.69) is 32.5 Å². The van der Waals surface area contributed by atoms with E-state index in [-0.39, 0.29) is 0 Å². The minimum atomic E-state index is 0.710. The molecule has 0 bridgehead atoms. The van der Waals surface area contributed by atoms with Crippen molar-refractivity contribution in [3.05, 3.63) is 44.7 Å². The van der Waals surface area contributed by atoms with Crippen LogP contribution in [0, 0.1) is 11.2 Å². The van der Waals surface area contributed by atoms with E-state index in [0.29, 0.717) is 10.8 Å². The van der Waals surface area contributed by atoms with Crippen molar-refractivity contribution in [1.29, 1.82) is 0 Å². The zero-order chi connectivity index (χ0) is 12.7. The van der Waals surface area contributed by atoms with E-state index in [9.17, 15) is 0 Å². The molecule has 3 aromatic rings. The van der Waals surface area contributed by atoms with E-state index in [1.165, 1.54) is 4.88 Å². The number of rotatable bonds is 1. The van der Waals surface area contributed by atoms with Crippen molar-refractivity contribution in [3.63, 3.8) is 0 Å². The normalized spacial score (nSPS) is 11.0. The Labute approximate surface area is 120 Å². The fraction of sp³-hybridized carbons (Fsp3) is 0.0833. The van der Waals surface area contributed by atoms with Gasteiger partial charge in [0.15, 0.2) is 0 Å². The van der Waals surface area contributed by atoms with Gasteiger partial charge in [0.05, 0.1) is 0 Å². The minimum absolute atomic E-state index is 0.710. The van der Waals surface area contributed by atoms with Crippen molar-refractivity contribution in [2.24, 2.45) is 0 Å². The first-order chi connectivity index (χ1) is 8.63.